The summed E-state index contributed by atoms with van der Waals surface area (Å²) in [5.74, 6) is 1.06. The van der Waals surface area contributed by atoms with Crippen LogP contribution in [0.1, 0.15) is 21.6 Å². The third-order valence-corrected chi connectivity index (χ3v) is 5.98. The molecular formula is C27H22N4O2S. The highest BCUT2D eigenvalue weighted by atomic mass is 32.1. The van der Waals surface area contributed by atoms with E-state index in [9.17, 15) is 4.79 Å². The summed E-state index contributed by atoms with van der Waals surface area (Å²) >= 11 is 1.36. The number of benzene rings is 3. The fraction of sp³-hybridized carbons (Fsp3) is 0.0741. The highest BCUT2D eigenvalue weighted by Crippen LogP contribution is 2.28. The number of aromatic nitrogens is 3. The Hall–Kier alpha value is -4.23. The summed E-state index contributed by atoms with van der Waals surface area (Å²) in [4.78, 5) is 25.2. The van der Waals surface area contributed by atoms with Crippen molar-refractivity contribution < 1.29 is 9.53 Å². The highest BCUT2D eigenvalue weighted by Gasteiger charge is 2.20. The number of nitrogens with one attached hydrogen (secondary N) is 2. The number of carbonyl (C=O) groups excluding carboxylic acids is 1. The van der Waals surface area contributed by atoms with Crippen LogP contribution >= 0.6 is 11.3 Å². The number of carbonyl (C=O) groups is 1. The van der Waals surface area contributed by atoms with Crippen LogP contribution in [0.2, 0.25) is 0 Å². The zero-order chi connectivity index (χ0) is 23.3. The number of ether oxygens (including phenoxy) is 1. The summed E-state index contributed by atoms with van der Waals surface area (Å²) < 4.78 is 5.89. The Balaban J connectivity index is 1.42. The molecule has 0 bridgehead atoms. The molecule has 0 aliphatic heterocycles. The molecule has 2 N–H and O–H groups in total. The number of aromatic amines is 1. The number of aryl methyl sites for hydroxylation is 1. The van der Waals surface area contributed by atoms with Crippen molar-refractivity contribution in [1.82, 2.24) is 15.0 Å². The van der Waals surface area contributed by atoms with Gasteiger partial charge in [0.15, 0.2) is 10.8 Å². The predicted molar refractivity (Wildman–Crippen MR) is 135 cm³/mol. The van der Waals surface area contributed by atoms with Crippen molar-refractivity contribution >= 4 is 22.4 Å². The molecule has 1 amide bonds. The van der Waals surface area contributed by atoms with E-state index in [0.29, 0.717) is 29.0 Å². The maximum Gasteiger partial charge on any atom is 0.278 e. The van der Waals surface area contributed by atoms with Gasteiger partial charge in [-0.1, -0.05) is 60.2 Å². The molecule has 7 heteroatoms. The Morgan fingerprint density at radius 1 is 0.971 bits per heavy atom. The Bertz CT molecular complexity index is 1380. The molecule has 0 aliphatic rings. The summed E-state index contributed by atoms with van der Waals surface area (Å²) in [5, 5.41) is 5.18. The lowest BCUT2D eigenvalue weighted by molar-refractivity contribution is 0.102. The molecule has 0 radical (unpaired) electrons. The highest BCUT2D eigenvalue weighted by molar-refractivity contribution is 7.13. The standard InChI is InChI=1S/C27H22N4O2S/c1-18-7-9-20(10-8-18)23-24(26(32)31-27-28-15-16-34-27)30-25(29-23)21-11-13-22(14-12-21)33-17-19-5-3-2-4-6-19/h2-16H,17H2,1H3,(H,29,30)(H,28,31,32). The van der Waals surface area contributed by atoms with Gasteiger partial charge in [-0.2, -0.15) is 0 Å². The van der Waals surface area contributed by atoms with Crippen LogP contribution in [0.5, 0.6) is 5.75 Å². The molecule has 5 rings (SSSR count). The minimum Gasteiger partial charge on any atom is -0.489 e. The van der Waals surface area contributed by atoms with Crippen molar-refractivity contribution in [3.63, 3.8) is 0 Å². The van der Waals surface area contributed by atoms with Crippen LogP contribution in [-0.4, -0.2) is 20.9 Å². The normalized spacial score (nSPS) is 10.7. The fourth-order valence-corrected chi connectivity index (χ4v) is 4.02. The molecule has 0 atom stereocenters. The van der Waals surface area contributed by atoms with Gasteiger partial charge in [0.1, 0.15) is 18.2 Å². The van der Waals surface area contributed by atoms with Gasteiger partial charge in [-0.3, -0.25) is 10.1 Å². The van der Waals surface area contributed by atoms with Gasteiger partial charge in [0.2, 0.25) is 0 Å². The van der Waals surface area contributed by atoms with Gasteiger partial charge in [-0.25, -0.2) is 9.97 Å². The van der Waals surface area contributed by atoms with E-state index in [1.807, 2.05) is 91.2 Å². The quantitative estimate of drug-likeness (QED) is 0.293. The molecule has 6 nitrogen and oxygen atoms in total. The maximum atomic E-state index is 13.0. The fourth-order valence-electron chi connectivity index (χ4n) is 3.49. The average Bonchev–Trinajstić information content (AvgIpc) is 3.55. The topological polar surface area (TPSA) is 79.9 Å². The number of H-pyrrole nitrogens is 1. The first-order valence-corrected chi connectivity index (χ1v) is 11.7. The molecule has 168 valence electrons. The molecular weight excluding hydrogens is 444 g/mol. The van der Waals surface area contributed by atoms with Crippen molar-refractivity contribution in [3.8, 4) is 28.4 Å². The van der Waals surface area contributed by atoms with E-state index in [1.54, 1.807) is 6.20 Å². The lowest BCUT2D eigenvalue weighted by Gasteiger charge is -2.06. The molecule has 3 aromatic carbocycles. The number of nitrogens with zero attached hydrogens (tertiary/aromatic N) is 2. The minimum atomic E-state index is -0.309. The van der Waals surface area contributed by atoms with Crippen LogP contribution in [-0.2, 0) is 6.61 Å². The largest absolute Gasteiger partial charge is 0.489 e. The number of amides is 1. The van der Waals surface area contributed by atoms with Gasteiger partial charge < -0.3 is 9.72 Å². The zero-order valence-corrected chi connectivity index (χ0v) is 19.3. The molecule has 0 fully saturated rings. The first-order chi connectivity index (χ1) is 16.7. The Kier molecular flexibility index (Phi) is 6.18. The van der Waals surface area contributed by atoms with E-state index >= 15 is 0 Å². The SMILES string of the molecule is Cc1ccc(-c2[nH]c(-c3ccc(OCc4ccccc4)cc3)nc2C(=O)Nc2nccs2)cc1. The van der Waals surface area contributed by atoms with Gasteiger partial charge in [0.25, 0.3) is 5.91 Å². The summed E-state index contributed by atoms with van der Waals surface area (Å²) in [5.41, 5.74) is 4.97. The maximum absolute atomic E-state index is 13.0. The van der Waals surface area contributed by atoms with Crippen LogP contribution in [0, 0.1) is 6.92 Å². The van der Waals surface area contributed by atoms with Gasteiger partial charge >= 0.3 is 0 Å². The summed E-state index contributed by atoms with van der Waals surface area (Å²) in [7, 11) is 0. The van der Waals surface area contributed by atoms with Crippen LogP contribution in [0.15, 0.2) is 90.4 Å². The molecule has 5 aromatic rings. The van der Waals surface area contributed by atoms with Crippen molar-refractivity contribution in [2.24, 2.45) is 0 Å². The Morgan fingerprint density at radius 3 is 2.41 bits per heavy atom. The second-order valence-electron chi connectivity index (χ2n) is 7.77. The number of hydrogen-bond acceptors (Lipinski definition) is 5. The number of rotatable bonds is 7. The Morgan fingerprint density at radius 2 is 1.71 bits per heavy atom. The second kappa shape index (κ2) is 9.72. The van der Waals surface area contributed by atoms with E-state index in [0.717, 1.165) is 28.0 Å². The third-order valence-electron chi connectivity index (χ3n) is 5.29. The predicted octanol–water partition coefficient (Wildman–Crippen LogP) is 6.34. The molecule has 0 unspecified atom stereocenters. The first kappa shape index (κ1) is 21.6. The third kappa shape index (κ3) is 4.89. The van der Waals surface area contributed by atoms with E-state index in [1.165, 1.54) is 11.3 Å². The number of anilines is 1. The van der Waals surface area contributed by atoms with Gasteiger partial charge in [0, 0.05) is 22.7 Å². The van der Waals surface area contributed by atoms with Gasteiger partial charge in [-0.05, 0) is 36.8 Å². The summed E-state index contributed by atoms with van der Waals surface area (Å²) in [6.45, 7) is 2.53. The second-order valence-corrected chi connectivity index (χ2v) is 8.66. The average molecular weight is 467 g/mol. The number of hydrogen-bond donors (Lipinski definition) is 2. The molecule has 0 saturated heterocycles. The van der Waals surface area contributed by atoms with Crippen molar-refractivity contribution in [1.29, 1.82) is 0 Å². The molecule has 0 spiro atoms. The van der Waals surface area contributed by atoms with Crippen LogP contribution in [0.4, 0.5) is 5.13 Å². The Labute approximate surface area is 201 Å². The number of thiazole rings is 1. The summed E-state index contributed by atoms with van der Waals surface area (Å²) in [6, 6.07) is 25.7. The molecule has 34 heavy (non-hydrogen) atoms. The van der Waals surface area contributed by atoms with Crippen LogP contribution in [0.25, 0.3) is 22.6 Å². The smallest absolute Gasteiger partial charge is 0.278 e. The van der Waals surface area contributed by atoms with E-state index in [2.05, 4.69) is 20.3 Å². The monoisotopic (exact) mass is 466 g/mol. The van der Waals surface area contributed by atoms with Crippen molar-refractivity contribution in [2.45, 2.75) is 13.5 Å². The van der Waals surface area contributed by atoms with Crippen LogP contribution in [0.3, 0.4) is 0 Å². The lowest BCUT2D eigenvalue weighted by atomic mass is 10.1. The minimum absolute atomic E-state index is 0.309. The van der Waals surface area contributed by atoms with E-state index in [-0.39, 0.29) is 5.91 Å². The number of imidazole rings is 1. The first-order valence-electron chi connectivity index (χ1n) is 10.8. The van der Waals surface area contributed by atoms with E-state index in [4.69, 9.17) is 4.74 Å². The molecule has 2 heterocycles. The van der Waals surface area contributed by atoms with Gasteiger partial charge in [0.05, 0.1) is 5.69 Å². The molecule has 2 aromatic heterocycles. The summed E-state index contributed by atoms with van der Waals surface area (Å²) in [6.07, 6.45) is 1.65. The van der Waals surface area contributed by atoms with Crippen molar-refractivity contribution in [2.75, 3.05) is 5.32 Å². The zero-order valence-electron chi connectivity index (χ0n) is 18.5. The molecule has 0 saturated carbocycles. The van der Waals surface area contributed by atoms with Crippen LogP contribution < -0.4 is 10.1 Å². The lowest BCUT2D eigenvalue weighted by Crippen LogP contribution is -2.13. The van der Waals surface area contributed by atoms with E-state index < -0.39 is 0 Å². The molecule has 0 aliphatic carbocycles. The van der Waals surface area contributed by atoms with Gasteiger partial charge in [-0.15, -0.1) is 11.3 Å². The van der Waals surface area contributed by atoms with Crippen molar-refractivity contribution in [3.05, 3.63) is 107 Å².